The minimum absolute atomic E-state index is 0.143. The Morgan fingerprint density at radius 2 is 1.79 bits per heavy atom. The lowest BCUT2D eigenvalue weighted by Crippen LogP contribution is -2.42. The fourth-order valence-corrected chi connectivity index (χ4v) is 2.45. The van der Waals surface area contributed by atoms with Crippen molar-refractivity contribution in [3.05, 3.63) is 25.4 Å². The number of rotatable bonds is 10. The third kappa shape index (κ3) is 15.3. The van der Waals surface area contributed by atoms with E-state index in [1.54, 1.807) is 0 Å². The van der Waals surface area contributed by atoms with Crippen LogP contribution in [0.3, 0.4) is 0 Å². The van der Waals surface area contributed by atoms with Crippen LogP contribution in [0.15, 0.2) is 24.0 Å². The van der Waals surface area contributed by atoms with Crippen molar-refractivity contribution in [2.24, 2.45) is 5.92 Å². The molecule has 8 nitrogen and oxygen atoms in total. The summed E-state index contributed by atoms with van der Waals surface area (Å²) in [7, 11) is 0. The molecule has 1 amide bonds. The van der Waals surface area contributed by atoms with Gasteiger partial charge in [0.05, 0.1) is 18.8 Å². The topological polar surface area (TPSA) is 95.7 Å². The van der Waals surface area contributed by atoms with Gasteiger partial charge in [0.25, 0.3) is 0 Å². The minimum atomic E-state index is -4.62. The fourth-order valence-electron chi connectivity index (χ4n) is 2.45. The average molecular weight is 491 g/mol. The Kier molecular flexibility index (Phi) is 12.4. The van der Waals surface area contributed by atoms with E-state index in [1.807, 2.05) is 0 Å². The standard InChI is InChI=1S/C12H16F3N3O4.C5H7F3O.C2H4/c13-12(14,15)22-9-4-8(5-9)20-6-10(19)16-3-1-2-11-18-17-7-21-11;6-5(7,8)9-3-4-1-2-4;1-2/h7-9H,1-6H2,(H,16,19);4H,1-3H2;1-2H2. The van der Waals surface area contributed by atoms with E-state index >= 15 is 0 Å². The van der Waals surface area contributed by atoms with E-state index in [0.29, 0.717) is 25.3 Å². The van der Waals surface area contributed by atoms with Gasteiger partial charge >= 0.3 is 12.7 Å². The zero-order valence-electron chi connectivity index (χ0n) is 17.8. The summed E-state index contributed by atoms with van der Waals surface area (Å²) in [5, 5.41) is 9.85. The van der Waals surface area contributed by atoms with E-state index in [-0.39, 0.29) is 44.0 Å². The van der Waals surface area contributed by atoms with Gasteiger partial charge in [0.15, 0.2) is 0 Å². The molecular formula is C19H27F6N3O5. The molecule has 0 aromatic carbocycles. The van der Waals surface area contributed by atoms with Crippen LogP contribution in [0, 0.1) is 5.92 Å². The molecule has 2 fully saturated rings. The van der Waals surface area contributed by atoms with Crippen molar-refractivity contribution < 1.29 is 49.8 Å². The number of aromatic nitrogens is 2. The quantitative estimate of drug-likeness (QED) is 0.301. The fraction of sp³-hybridized carbons (Fsp3) is 0.737. The Morgan fingerprint density at radius 1 is 1.12 bits per heavy atom. The van der Waals surface area contributed by atoms with Crippen LogP contribution in [0.4, 0.5) is 26.3 Å². The first-order chi connectivity index (χ1) is 15.5. The van der Waals surface area contributed by atoms with Gasteiger partial charge in [-0.2, -0.15) is 0 Å². The first-order valence-corrected chi connectivity index (χ1v) is 10.1. The predicted octanol–water partition coefficient (Wildman–Crippen LogP) is 3.94. The summed E-state index contributed by atoms with van der Waals surface area (Å²) in [5.41, 5.74) is 0. The number of amides is 1. The summed E-state index contributed by atoms with van der Waals surface area (Å²) in [6.45, 7) is 6.10. The molecule has 0 bridgehead atoms. The van der Waals surface area contributed by atoms with Crippen LogP contribution in [0.1, 0.15) is 38.0 Å². The first-order valence-electron chi connectivity index (χ1n) is 10.1. The van der Waals surface area contributed by atoms with Gasteiger partial charge in [0.2, 0.25) is 18.2 Å². The third-order valence-corrected chi connectivity index (χ3v) is 4.28. The molecule has 0 unspecified atom stereocenters. The SMILES string of the molecule is C=C.FC(F)(F)OCC1CC1.O=C(COC1CC(OC(F)(F)F)C1)NCCCc1nnco1. The van der Waals surface area contributed by atoms with Gasteiger partial charge in [-0.3, -0.25) is 14.3 Å². The molecule has 0 aliphatic heterocycles. The summed E-state index contributed by atoms with van der Waals surface area (Å²) in [5.74, 6) is 0.355. The Balaban J connectivity index is 0.000000412. The van der Waals surface area contributed by atoms with Crippen molar-refractivity contribution >= 4 is 5.91 Å². The first kappa shape index (κ1) is 28.8. The molecule has 3 rings (SSSR count). The van der Waals surface area contributed by atoms with Crippen LogP contribution in [-0.2, 0) is 25.4 Å². The van der Waals surface area contributed by atoms with E-state index < -0.39 is 18.8 Å². The minimum Gasteiger partial charge on any atom is -0.428 e. The number of ether oxygens (including phenoxy) is 3. The Bertz CT molecular complexity index is 662. The second-order valence-corrected chi connectivity index (χ2v) is 7.08. The monoisotopic (exact) mass is 491 g/mol. The molecule has 1 N–H and O–H groups in total. The maximum absolute atomic E-state index is 11.9. The number of hydrogen-bond acceptors (Lipinski definition) is 7. The molecule has 0 radical (unpaired) electrons. The number of halogens is 6. The van der Waals surface area contributed by atoms with E-state index in [4.69, 9.17) is 9.15 Å². The van der Waals surface area contributed by atoms with Crippen LogP contribution in [-0.4, -0.2) is 60.8 Å². The van der Waals surface area contributed by atoms with Gasteiger partial charge in [0.1, 0.15) is 6.61 Å². The molecule has 1 aromatic rings. The number of carbonyl (C=O) groups excluding carboxylic acids is 1. The highest BCUT2D eigenvalue weighted by atomic mass is 19.4. The molecule has 14 heteroatoms. The molecule has 2 aliphatic rings. The highest BCUT2D eigenvalue weighted by Gasteiger charge is 2.40. The summed E-state index contributed by atoms with van der Waals surface area (Å²) >= 11 is 0. The Labute approximate surface area is 186 Å². The highest BCUT2D eigenvalue weighted by molar-refractivity contribution is 5.77. The second-order valence-electron chi connectivity index (χ2n) is 7.08. The van der Waals surface area contributed by atoms with Crippen LogP contribution >= 0.6 is 0 Å². The molecule has 0 saturated heterocycles. The molecular weight excluding hydrogens is 464 g/mol. The maximum atomic E-state index is 11.9. The molecule has 0 spiro atoms. The summed E-state index contributed by atoms with van der Waals surface area (Å²) < 4.78 is 86.9. The number of nitrogens with one attached hydrogen (secondary N) is 1. The van der Waals surface area contributed by atoms with Gasteiger partial charge < -0.3 is 14.5 Å². The van der Waals surface area contributed by atoms with Crippen molar-refractivity contribution in [2.45, 2.75) is 63.5 Å². The van der Waals surface area contributed by atoms with Gasteiger partial charge in [-0.25, -0.2) is 0 Å². The van der Waals surface area contributed by atoms with Crippen LogP contribution in [0.5, 0.6) is 0 Å². The average Bonchev–Trinajstić information content (AvgIpc) is 3.40. The van der Waals surface area contributed by atoms with Gasteiger partial charge in [0, 0.05) is 25.8 Å². The summed E-state index contributed by atoms with van der Waals surface area (Å²) in [4.78, 5) is 11.5. The van der Waals surface area contributed by atoms with Crippen molar-refractivity contribution in [1.82, 2.24) is 15.5 Å². The zero-order chi connectivity index (χ0) is 24.9. The van der Waals surface area contributed by atoms with Crippen molar-refractivity contribution in [3.63, 3.8) is 0 Å². The third-order valence-electron chi connectivity index (χ3n) is 4.28. The van der Waals surface area contributed by atoms with Gasteiger partial charge in [-0.15, -0.1) is 49.7 Å². The highest BCUT2D eigenvalue weighted by Crippen LogP contribution is 2.32. The molecule has 1 aromatic heterocycles. The number of aryl methyl sites for hydroxylation is 1. The Hall–Kier alpha value is -2.19. The van der Waals surface area contributed by atoms with Crippen LogP contribution in [0.2, 0.25) is 0 Å². The normalized spacial score (nSPS) is 19.9. The smallest absolute Gasteiger partial charge is 0.428 e. The second kappa shape index (κ2) is 14.2. The van der Waals surface area contributed by atoms with E-state index in [1.165, 1.54) is 6.39 Å². The lowest BCUT2D eigenvalue weighted by molar-refractivity contribution is -0.357. The van der Waals surface area contributed by atoms with E-state index in [9.17, 15) is 31.1 Å². The summed E-state index contributed by atoms with van der Waals surface area (Å²) in [6.07, 6.45) is -5.80. The lowest BCUT2D eigenvalue weighted by atomic mass is 9.92. The van der Waals surface area contributed by atoms with Gasteiger partial charge in [-0.05, 0) is 25.2 Å². The van der Waals surface area contributed by atoms with Crippen molar-refractivity contribution in [2.75, 3.05) is 19.8 Å². The molecule has 1 heterocycles. The largest absolute Gasteiger partial charge is 0.522 e. The number of nitrogens with zero attached hydrogens (tertiary/aromatic N) is 2. The maximum Gasteiger partial charge on any atom is 0.522 e. The number of alkyl halides is 6. The number of hydrogen-bond donors (Lipinski definition) is 1. The summed E-state index contributed by atoms with van der Waals surface area (Å²) in [6, 6.07) is 0. The van der Waals surface area contributed by atoms with Crippen LogP contribution in [0.25, 0.3) is 0 Å². The van der Waals surface area contributed by atoms with Crippen molar-refractivity contribution in [1.29, 1.82) is 0 Å². The molecule has 190 valence electrons. The molecule has 2 aliphatic carbocycles. The van der Waals surface area contributed by atoms with E-state index in [2.05, 4.69) is 38.1 Å². The lowest BCUT2D eigenvalue weighted by Gasteiger charge is -2.34. The number of carbonyl (C=O) groups is 1. The van der Waals surface area contributed by atoms with Crippen LogP contribution < -0.4 is 5.32 Å². The molecule has 0 atom stereocenters. The predicted molar refractivity (Wildman–Crippen MR) is 102 cm³/mol. The van der Waals surface area contributed by atoms with Crippen molar-refractivity contribution in [3.8, 4) is 0 Å². The van der Waals surface area contributed by atoms with Gasteiger partial charge in [-0.1, -0.05) is 0 Å². The molecule has 33 heavy (non-hydrogen) atoms. The van der Waals surface area contributed by atoms with E-state index in [0.717, 1.165) is 12.8 Å². The molecule has 2 saturated carbocycles. The Morgan fingerprint density at radius 3 is 2.30 bits per heavy atom. The zero-order valence-corrected chi connectivity index (χ0v) is 17.8.